The average molecular weight is 411 g/mol. The van der Waals surface area contributed by atoms with Gasteiger partial charge in [-0.1, -0.05) is 18.2 Å². The van der Waals surface area contributed by atoms with Crippen LogP contribution in [0, 0.1) is 6.92 Å². The number of amides is 1. The van der Waals surface area contributed by atoms with E-state index < -0.39 is 12.8 Å². The Bertz CT molecular complexity index is 837. The zero-order valence-electron chi connectivity index (χ0n) is 16.6. The highest BCUT2D eigenvalue weighted by molar-refractivity contribution is 5.76. The van der Waals surface area contributed by atoms with E-state index in [2.05, 4.69) is 5.32 Å². The molecule has 0 aliphatic rings. The summed E-state index contributed by atoms with van der Waals surface area (Å²) in [6.07, 6.45) is -3.78. The first-order valence-electron chi connectivity index (χ1n) is 8.98. The molecule has 0 fully saturated rings. The van der Waals surface area contributed by atoms with E-state index in [4.69, 9.17) is 14.2 Å². The third-order valence-corrected chi connectivity index (χ3v) is 4.22. The van der Waals surface area contributed by atoms with Crippen molar-refractivity contribution in [2.75, 3.05) is 20.8 Å². The Morgan fingerprint density at radius 3 is 2.28 bits per heavy atom. The summed E-state index contributed by atoms with van der Waals surface area (Å²) in [5, 5.41) is 2.84. The van der Waals surface area contributed by atoms with Crippen LogP contribution in [-0.4, -0.2) is 32.9 Å². The molecule has 0 aliphatic heterocycles. The van der Waals surface area contributed by atoms with Gasteiger partial charge in [0, 0.05) is 13.0 Å². The Morgan fingerprint density at radius 2 is 1.62 bits per heavy atom. The molecule has 0 bridgehead atoms. The lowest BCUT2D eigenvalue weighted by Crippen LogP contribution is -2.23. The Morgan fingerprint density at radius 1 is 0.966 bits per heavy atom. The highest BCUT2D eigenvalue weighted by atomic mass is 19.4. The summed E-state index contributed by atoms with van der Waals surface area (Å²) < 4.78 is 52.0. The standard InChI is InChI=1S/C21H24F3NO4/c1-14-4-5-16(11-18(14)27-2)12-25-20(26)9-7-15-6-8-17(19(10-15)28-3)29-13-21(22,23)24/h4-6,8,10-11H,7,9,12-13H2,1-3H3,(H,25,26). The van der Waals surface area contributed by atoms with Crippen molar-refractivity contribution >= 4 is 5.91 Å². The van der Waals surface area contributed by atoms with Gasteiger partial charge in [-0.05, 0) is 48.2 Å². The Kier molecular flexibility index (Phi) is 7.75. The Balaban J connectivity index is 1.87. The summed E-state index contributed by atoms with van der Waals surface area (Å²) >= 11 is 0. The molecular weight excluding hydrogens is 387 g/mol. The van der Waals surface area contributed by atoms with E-state index in [1.807, 2.05) is 25.1 Å². The smallest absolute Gasteiger partial charge is 0.422 e. The van der Waals surface area contributed by atoms with Crippen molar-refractivity contribution in [3.8, 4) is 17.2 Å². The lowest BCUT2D eigenvalue weighted by Gasteiger charge is -2.13. The number of rotatable bonds is 9. The number of ether oxygens (including phenoxy) is 3. The molecule has 0 aliphatic carbocycles. The van der Waals surface area contributed by atoms with E-state index in [9.17, 15) is 18.0 Å². The fourth-order valence-electron chi connectivity index (χ4n) is 2.67. The zero-order chi connectivity index (χ0) is 21.4. The van der Waals surface area contributed by atoms with Gasteiger partial charge in [0.15, 0.2) is 18.1 Å². The zero-order valence-corrected chi connectivity index (χ0v) is 16.6. The molecule has 1 N–H and O–H groups in total. The van der Waals surface area contributed by atoms with E-state index in [0.29, 0.717) is 13.0 Å². The monoisotopic (exact) mass is 411 g/mol. The van der Waals surface area contributed by atoms with Gasteiger partial charge in [0.05, 0.1) is 14.2 Å². The molecule has 2 rings (SSSR count). The first-order chi connectivity index (χ1) is 13.7. The van der Waals surface area contributed by atoms with E-state index in [0.717, 1.165) is 22.4 Å². The first kappa shape index (κ1) is 22.4. The Hall–Kier alpha value is -2.90. The number of alkyl halides is 3. The highest BCUT2D eigenvalue weighted by Gasteiger charge is 2.29. The van der Waals surface area contributed by atoms with Crippen LogP contribution < -0.4 is 19.5 Å². The van der Waals surface area contributed by atoms with Gasteiger partial charge in [0.1, 0.15) is 5.75 Å². The van der Waals surface area contributed by atoms with Crippen molar-refractivity contribution in [3.63, 3.8) is 0 Å². The number of carbonyl (C=O) groups excluding carboxylic acids is 1. The quantitative estimate of drug-likeness (QED) is 0.672. The number of benzene rings is 2. The van der Waals surface area contributed by atoms with E-state index >= 15 is 0 Å². The van der Waals surface area contributed by atoms with E-state index in [1.54, 1.807) is 19.2 Å². The number of methoxy groups -OCH3 is 2. The number of hydrogen-bond donors (Lipinski definition) is 1. The van der Waals surface area contributed by atoms with Crippen LogP contribution in [-0.2, 0) is 17.8 Å². The molecule has 2 aromatic carbocycles. The van der Waals surface area contributed by atoms with Crippen molar-refractivity contribution in [3.05, 3.63) is 53.1 Å². The van der Waals surface area contributed by atoms with Crippen LogP contribution in [0.15, 0.2) is 36.4 Å². The summed E-state index contributed by atoms with van der Waals surface area (Å²) in [4.78, 5) is 12.1. The average Bonchev–Trinajstić information content (AvgIpc) is 2.69. The lowest BCUT2D eigenvalue weighted by molar-refractivity contribution is -0.153. The van der Waals surface area contributed by atoms with Gasteiger partial charge >= 0.3 is 6.18 Å². The number of carbonyl (C=O) groups is 1. The molecule has 0 saturated heterocycles. The summed E-state index contributed by atoms with van der Waals surface area (Å²) in [7, 11) is 2.94. The van der Waals surface area contributed by atoms with Crippen LogP contribution in [0.5, 0.6) is 17.2 Å². The maximum Gasteiger partial charge on any atom is 0.422 e. The molecule has 0 radical (unpaired) electrons. The highest BCUT2D eigenvalue weighted by Crippen LogP contribution is 2.30. The Labute approximate surface area is 167 Å². The van der Waals surface area contributed by atoms with E-state index in [-0.39, 0.29) is 23.8 Å². The van der Waals surface area contributed by atoms with Gasteiger partial charge < -0.3 is 19.5 Å². The van der Waals surface area contributed by atoms with Crippen molar-refractivity contribution in [2.24, 2.45) is 0 Å². The van der Waals surface area contributed by atoms with Crippen molar-refractivity contribution in [1.82, 2.24) is 5.32 Å². The van der Waals surface area contributed by atoms with E-state index in [1.165, 1.54) is 13.2 Å². The summed E-state index contributed by atoms with van der Waals surface area (Å²) in [6, 6.07) is 10.3. The molecule has 29 heavy (non-hydrogen) atoms. The summed E-state index contributed by atoms with van der Waals surface area (Å²) in [5.74, 6) is 0.822. The van der Waals surface area contributed by atoms with Crippen molar-refractivity contribution in [1.29, 1.82) is 0 Å². The number of nitrogens with one attached hydrogen (secondary N) is 1. The molecule has 158 valence electrons. The van der Waals surface area contributed by atoms with Gasteiger partial charge in [-0.15, -0.1) is 0 Å². The maximum atomic E-state index is 12.3. The lowest BCUT2D eigenvalue weighted by atomic mass is 10.1. The fraction of sp³-hybridized carbons (Fsp3) is 0.381. The van der Waals surface area contributed by atoms with Crippen LogP contribution in [0.4, 0.5) is 13.2 Å². The van der Waals surface area contributed by atoms with Crippen LogP contribution in [0.1, 0.15) is 23.1 Å². The second kappa shape index (κ2) is 10.0. The summed E-state index contributed by atoms with van der Waals surface area (Å²) in [5.41, 5.74) is 2.70. The molecule has 0 spiro atoms. The van der Waals surface area contributed by atoms with Gasteiger partial charge in [0.25, 0.3) is 0 Å². The SMILES string of the molecule is COc1cc(CNC(=O)CCc2ccc(OCC(F)(F)F)c(OC)c2)ccc1C. The fourth-order valence-corrected chi connectivity index (χ4v) is 2.67. The third kappa shape index (κ3) is 7.21. The molecule has 8 heteroatoms. The van der Waals surface area contributed by atoms with Gasteiger partial charge in [0.2, 0.25) is 5.91 Å². The van der Waals surface area contributed by atoms with Crippen LogP contribution in [0.3, 0.4) is 0 Å². The van der Waals surface area contributed by atoms with Crippen LogP contribution in [0.2, 0.25) is 0 Å². The normalized spacial score (nSPS) is 11.1. The van der Waals surface area contributed by atoms with Gasteiger partial charge in [-0.25, -0.2) is 0 Å². The largest absolute Gasteiger partial charge is 0.496 e. The topological polar surface area (TPSA) is 56.8 Å². The molecule has 0 saturated carbocycles. The second-order valence-corrected chi connectivity index (χ2v) is 6.47. The number of hydrogen-bond acceptors (Lipinski definition) is 4. The third-order valence-electron chi connectivity index (χ3n) is 4.22. The van der Waals surface area contributed by atoms with Gasteiger partial charge in [-0.3, -0.25) is 4.79 Å². The summed E-state index contributed by atoms with van der Waals surface area (Å²) in [6.45, 7) is 0.923. The minimum Gasteiger partial charge on any atom is -0.496 e. The number of aryl methyl sites for hydroxylation is 2. The molecular formula is C21H24F3NO4. The molecule has 5 nitrogen and oxygen atoms in total. The van der Waals surface area contributed by atoms with Gasteiger partial charge in [-0.2, -0.15) is 13.2 Å². The second-order valence-electron chi connectivity index (χ2n) is 6.47. The molecule has 2 aromatic rings. The van der Waals surface area contributed by atoms with Crippen LogP contribution in [0.25, 0.3) is 0 Å². The molecule has 0 aromatic heterocycles. The molecule has 1 amide bonds. The van der Waals surface area contributed by atoms with Crippen molar-refractivity contribution in [2.45, 2.75) is 32.5 Å². The molecule has 0 heterocycles. The molecule has 0 atom stereocenters. The predicted molar refractivity (Wildman–Crippen MR) is 102 cm³/mol. The predicted octanol–water partition coefficient (Wildman–Crippen LogP) is 4.20. The number of halogens is 3. The maximum absolute atomic E-state index is 12.3. The van der Waals surface area contributed by atoms with Crippen LogP contribution >= 0.6 is 0 Å². The van der Waals surface area contributed by atoms with Crippen molar-refractivity contribution < 1.29 is 32.2 Å². The minimum absolute atomic E-state index is 0.00587. The molecule has 0 unspecified atom stereocenters. The first-order valence-corrected chi connectivity index (χ1v) is 8.98. The minimum atomic E-state index is -4.43.